The smallest absolute Gasteiger partial charge is 0.176 e. The summed E-state index contributed by atoms with van der Waals surface area (Å²) in [6, 6.07) is 5.49. The molecule has 0 aromatic heterocycles. The van der Waals surface area contributed by atoms with Gasteiger partial charge in [0, 0.05) is 18.7 Å². The Labute approximate surface area is 126 Å². The molecule has 1 aromatic rings. The van der Waals surface area contributed by atoms with Crippen molar-refractivity contribution < 1.29 is 14.3 Å². The Morgan fingerprint density at radius 3 is 2.52 bits per heavy atom. The van der Waals surface area contributed by atoms with Crippen LogP contribution in [0, 0.1) is 11.8 Å². The van der Waals surface area contributed by atoms with Crippen molar-refractivity contribution in [3.05, 3.63) is 23.8 Å². The van der Waals surface area contributed by atoms with E-state index in [1.807, 2.05) is 18.2 Å². The van der Waals surface area contributed by atoms with E-state index >= 15 is 0 Å². The second-order valence-corrected chi connectivity index (χ2v) is 6.42. The number of nitrogens with zero attached hydrogens (tertiary/aromatic N) is 1. The summed E-state index contributed by atoms with van der Waals surface area (Å²) in [6.45, 7) is 8.17. The quantitative estimate of drug-likeness (QED) is 0.802. The first-order valence-electron chi connectivity index (χ1n) is 7.77. The van der Waals surface area contributed by atoms with Crippen LogP contribution in [0.1, 0.15) is 30.6 Å². The van der Waals surface area contributed by atoms with E-state index in [2.05, 4.69) is 18.7 Å². The molecule has 0 radical (unpaired) electrons. The highest BCUT2D eigenvalue weighted by molar-refractivity contribution is 5.98. The van der Waals surface area contributed by atoms with Gasteiger partial charge in [-0.25, -0.2) is 0 Å². The maximum absolute atomic E-state index is 12.5. The number of carbonyl (C=O) groups is 1. The topological polar surface area (TPSA) is 38.8 Å². The van der Waals surface area contributed by atoms with Crippen LogP contribution < -0.4 is 9.47 Å². The second-order valence-electron chi connectivity index (χ2n) is 6.42. The molecule has 0 spiro atoms. The van der Waals surface area contributed by atoms with Gasteiger partial charge >= 0.3 is 0 Å². The highest BCUT2D eigenvalue weighted by Gasteiger charge is 2.24. The molecule has 4 heteroatoms. The van der Waals surface area contributed by atoms with Crippen LogP contribution in [0.4, 0.5) is 0 Å². The van der Waals surface area contributed by atoms with Gasteiger partial charge in [-0.3, -0.25) is 9.69 Å². The minimum Gasteiger partial charge on any atom is -0.486 e. The summed E-state index contributed by atoms with van der Waals surface area (Å²) in [6.07, 6.45) is 1.26. The minimum absolute atomic E-state index is 0.160. The van der Waals surface area contributed by atoms with E-state index in [0.29, 0.717) is 42.9 Å². The molecule has 21 heavy (non-hydrogen) atoms. The van der Waals surface area contributed by atoms with Gasteiger partial charge in [0.2, 0.25) is 0 Å². The van der Waals surface area contributed by atoms with Crippen molar-refractivity contribution in [2.75, 3.05) is 32.8 Å². The van der Waals surface area contributed by atoms with E-state index in [4.69, 9.17) is 9.47 Å². The molecule has 1 saturated heterocycles. The van der Waals surface area contributed by atoms with Crippen LogP contribution >= 0.6 is 0 Å². The number of likely N-dealkylation sites (tertiary alicyclic amines) is 1. The van der Waals surface area contributed by atoms with Gasteiger partial charge in [-0.05, 0) is 36.5 Å². The standard InChI is InChI=1S/C17H23NO3/c1-12-7-13(2)10-18(9-12)11-15(19)14-3-4-16-17(8-14)21-6-5-20-16/h3-4,8,12-13H,5-7,9-11H2,1-2H3. The first kappa shape index (κ1) is 14.4. The summed E-state index contributed by atoms with van der Waals surface area (Å²) in [5.41, 5.74) is 0.713. The lowest BCUT2D eigenvalue weighted by Crippen LogP contribution is -2.41. The Hall–Kier alpha value is -1.55. The lowest BCUT2D eigenvalue weighted by Gasteiger charge is -2.34. The first-order valence-corrected chi connectivity index (χ1v) is 7.77. The molecule has 2 aliphatic heterocycles. The summed E-state index contributed by atoms with van der Waals surface area (Å²) in [7, 11) is 0. The molecule has 0 saturated carbocycles. The average Bonchev–Trinajstić information content (AvgIpc) is 2.45. The lowest BCUT2D eigenvalue weighted by molar-refractivity contribution is 0.0848. The molecule has 0 amide bonds. The molecule has 0 N–H and O–H groups in total. The van der Waals surface area contributed by atoms with Crippen molar-refractivity contribution in [1.29, 1.82) is 0 Å². The van der Waals surface area contributed by atoms with Gasteiger partial charge in [0.05, 0.1) is 6.54 Å². The van der Waals surface area contributed by atoms with Crippen LogP contribution in [0.5, 0.6) is 11.5 Å². The van der Waals surface area contributed by atoms with Gasteiger partial charge in [-0.15, -0.1) is 0 Å². The predicted octanol–water partition coefficient (Wildman–Crippen LogP) is 2.62. The number of rotatable bonds is 3. The molecule has 2 unspecified atom stereocenters. The van der Waals surface area contributed by atoms with Crippen molar-refractivity contribution in [3.8, 4) is 11.5 Å². The molecular formula is C17H23NO3. The van der Waals surface area contributed by atoms with Crippen LogP contribution in [0.15, 0.2) is 18.2 Å². The maximum Gasteiger partial charge on any atom is 0.176 e. The third kappa shape index (κ3) is 3.38. The van der Waals surface area contributed by atoms with Gasteiger partial charge < -0.3 is 9.47 Å². The molecule has 2 atom stereocenters. The van der Waals surface area contributed by atoms with E-state index < -0.39 is 0 Å². The van der Waals surface area contributed by atoms with Crippen molar-refractivity contribution in [2.24, 2.45) is 11.8 Å². The Morgan fingerprint density at radius 2 is 1.81 bits per heavy atom. The van der Waals surface area contributed by atoms with Crippen molar-refractivity contribution in [2.45, 2.75) is 20.3 Å². The Balaban J connectivity index is 1.67. The number of piperidine rings is 1. The maximum atomic E-state index is 12.5. The SMILES string of the molecule is CC1CC(C)CN(CC(=O)c2ccc3c(c2)OCCO3)C1. The number of fused-ring (bicyclic) bond motifs is 1. The van der Waals surface area contributed by atoms with Crippen molar-refractivity contribution >= 4 is 5.78 Å². The monoisotopic (exact) mass is 289 g/mol. The molecule has 114 valence electrons. The van der Waals surface area contributed by atoms with E-state index in [1.165, 1.54) is 6.42 Å². The normalized spacial score (nSPS) is 25.6. The molecule has 2 heterocycles. The summed E-state index contributed by atoms with van der Waals surface area (Å²) in [5, 5.41) is 0. The highest BCUT2D eigenvalue weighted by Crippen LogP contribution is 2.31. The number of carbonyl (C=O) groups excluding carboxylic acids is 1. The van der Waals surface area contributed by atoms with Crippen LogP contribution in [0.2, 0.25) is 0 Å². The molecule has 2 aliphatic rings. The molecule has 1 fully saturated rings. The molecular weight excluding hydrogens is 266 g/mol. The molecule has 0 bridgehead atoms. The largest absolute Gasteiger partial charge is 0.486 e. The fourth-order valence-electron chi connectivity index (χ4n) is 3.43. The zero-order valence-corrected chi connectivity index (χ0v) is 12.8. The van der Waals surface area contributed by atoms with Crippen LogP contribution in [-0.4, -0.2) is 43.5 Å². The van der Waals surface area contributed by atoms with Crippen molar-refractivity contribution in [1.82, 2.24) is 4.90 Å². The van der Waals surface area contributed by atoms with Crippen LogP contribution in [-0.2, 0) is 0 Å². The Bertz CT molecular complexity index is 519. The van der Waals surface area contributed by atoms with Gasteiger partial charge in [-0.2, -0.15) is 0 Å². The second kappa shape index (κ2) is 6.06. The fraction of sp³-hybridized carbons (Fsp3) is 0.588. The third-order valence-corrected chi connectivity index (χ3v) is 4.18. The van der Waals surface area contributed by atoms with Gasteiger partial charge in [0.25, 0.3) is 0 Å². The van der Waals surface area contributed by atoms with Crippen LogP contribution in [0.3, 0.4) is 0 Å². The zero-order valence-electron chi connectivity index (χ0n) is 12.8. The average molecular weight is 289 g/mol. The molecule has 1 aromatic carbocycles. The Kier molecular flexibility index (Phi) is 4.15. The minimum atomic E-state index is 0.160. The molecule has 3 rings (SSSR count). The summed E-state index contributed by atoms with van der Waals surface area (Å²) in [4.78, 5) is 14.7. The summed E-state index contributed by atoms with van der Waals surface area (Å²) >= 11 is 0. The van der Waals surface area contributed by atoms with E-state index in [9.17, 15) is 4.79 Å². The van der Waals surface area contributed by atoms with Gasteiger partial charge in [-0.1, -0.05) is 13.8 Å². The van der Waals surface area contributed by atoms with Crippen molar-refractivity contribution in [3.63, 3.8) is 0 Å². The third-order valence-electron chi connectivity index (χ3n) is 4.18. The number of ether oxygens (including phenoxy) is 2. The number of hydrogen-bond acceptors (Lipinski definition) is 4. The number of Topliss-reactive ketones (excluding diaryl/α,β-unsaturated/α-hetero) is 1. The number of benzene rings is 1. The highest BCUT2D eigenvalue weighted by atomic mass is 16.6. The van der Waals surface area contributed by atoms with Crippen LogP contribution in [0.25, 0.3) is 0 Å². The zero-order chi connectivity index (χ0) is 14.8. The fourth-order valence-corrected chi connectivity index (χ4v) is 3.43. The number of hydrogen-bond donors (Lipinski definition) is 0. The Morgan fingerprint density at radius 1 is 1.14 bits per heavy atom. The lowest BCUT2D eigenvalue weighted by atomic mass is 9.91. The number of ketones is 1. The summed E-state index contributed by atoms with van der Waals surface area (Å²) in [5.74, 6) is 2.92. The van der Waals surface area contributed by atoms with E-state index in [-0.39, 0.29) is 5.78 Å². The van der Waals surface area contributed by atoms with Gasteiger partial charge in [0.15, 0.2) is 17.3 Å². The van der Waals surface area contributed by atoms with E-state index in [0.717, 1.165) is 18.8 Å². The predicted molar refractivity (Wildman–Crippen MR) is 81.1 cm³/mol. The molecule has 0 aliphatic carbocycles. The summed E-state index contributed by atoms with van der Waals surface area (Å²) < 4.78 is 11.0. The van der Waals surface area contributed by atoms with E-state index in [1.54, 1.807) is 0 Å². The first-order chi connectivity index (χ1) is 10.1. The molecule has 4 nitrogen and oxygen atoms in total. The van der Waals surface area contributed by atoms with Gasteiger partial charge in [0.1, 0.15) is 13.2 Å².